The van der Waals surface area contributed by atoms with Crippen LogP contribution in [0.1, 0.15) is 24.9 Å². The first-order chi connectivity index (χ1) is 8.74. The Bertz CT molecular complexity index is 332. The van der Waals surface area contributed by atoms with E-state index in [4.69, 9.17) is 19.9 Å². The number of hydrogen-bond acceptors (Lipinski definition) is 5. The molecule has 0 fully saturated rings. The molecule has 1 aromatic heterocycles. The van der Waals surface area contributed by atoms with E-state index in [1.165, 1.54) is 0 Å². The van der Waals surface area contributed by atoms with Crippen molar-refractivity contribution in [3.63, 3.8) is 0 Å². The van der Waals surface area contributed by atoms with E-state index in [9.17, 15) is 0 Å². The number of methoxy groups -OCH3 is 1. The summed E-state index contributed by atoms with van der Waals surface area (Å²) in [6.45, 7) is 4.37. The number of aromatic nitrogens is 1. The molecule has 0 radical (unpaired) electrons. The van der Waals surface area contributed by atoms with Gasteiger partial charge in [-0.3, -0.25) is 0 Å². The average molecular weight is 254 g/mol. The molecule has 0 bridgehead atoms. The molecule has 1 atom stereocenters. The first-order valence-electron chi connectivity index (χ1n) is 6.15. The van der Waals surface area contributed by atoms with Crippen LogP contribution >= 0.6 is 0 Å². The van der Waals surface area contributed by atoms with Crippen molar-refractivity contribution in [2.24, 2.45) is 5.73 Å². The summed E-state index contributed by atoms with van der Waals surface area (Å²) >= 11 is 0. The van der Waals surface area contributed by atoms with Gasteiger partial charge in [0, 0.05) is 38.6 Å². The molecule has 5 nitrogen and oxygen atoms in total. The lowest BCUT2D eigenvalue weighted by molar-refractivity contribution is 0.0795. The third-order valence-corrected chi connectivity index (χ3v) is 2.40. The minimum Gasteiger partial charge on any atom is -0.475 e. The van der Waals surface area contributed by atoms with E-state index in [1.807, 2.05) is 19.1 Å². The quantitative estimate of drug-likeness (QED) is 0.677. The van der Waals surface area contributed by atoms with Crippen LogP contribution in [0.4, 0.5) is 0 Å². The summed E-state index contributed by atoms with van der Waals surface area (Å²) in [6, 6.07) is 3.73. The lowest BCUT2D eigenvalue weighted by Gasteiger charge is -2.09. The molecule has 0 saturated heterocycles. The van der Waals surface area contributed by atoms with Gasteiger partial charge in [-0.15, -0.1) is 0 Å². The van der Waals surface area contributed by atoms with Gasteiger partial charge in [0.15, 0.2) is 0 Å². The second-order valence-corrected chi connectivity index (χ2v) is 4.02. The molecule has 1 heterocycles. The molecule has 0 amide bonds. The van der Waals surface area contributed by atoms with Crippen molar-refractivity contribution in [2.45, 2.75) is 19.4 Å². The van der Waals surface area contributed by atoms with Gasteiger partial charge >= 0.3 is 0 Å². The van der Waals surface area contributed by atoms with E-state index in [0.29, 0.717) is 25.7 Å². The summed E-state index contributed by atoms with van der Waals surface area (Å²) in [4.78, 5) is 4.12. The summed E-state index contributed by atoms with van der Waals surface area (Å²) in [5, 5.41) is 0. The van der Waals surface area contributed by atoms with Crippen molar-refractivity contribution in [2.75, 3.05) is 33.5 Å². The van der Waals surface area contributed by atoms with Crippen LogP contribution in [0.3, 0.4) is 0 Å². The van der Waals surface area contributed by atoms with Crippen LogP contribution in [0.15, 0.2) is 18.3 Å². The molecule has 2 N–H and O–H groups in total. The fourth-order valence-corrected chi connectivity index (χ4v) is 1.40. The lowest BCUT2D eigenvalue weighted by atomic mass is 10.1. The molecule has 0 unspecified atom stereocenters. The fraction of sp³-hybridized carbons (Fsp3) is 0.615. The predicted molar refractivity (Wildman–Crippen MR) is 69.6 cm³/mol. The molecule has 0 aliphatic carbocycles. The van der Waals surface area contributed by atoms with Crippen molar-refractivity contribution in [1.29, 1.82) is 0 Å². The van der Waals surface area contributed by atoms with Crippen LogP contribution in [0.5, 0.6) is 5.88 Å². The third-order valence-electron chi connectivity index (χ3n) is 2.40. The SMILES string of the molecule is COCCCOCCOc1cc([C@H](C)N)ccn1. The van der Waals surface area contributed by atoms with Gasteiger partial charge < -0.3 is 19.9 Å². The standard InChI is InChI=1S/C13H22N2O3/c1-11(14)12-4-5-15-13(10-12)18-9-8-17-7-3-6-16-2/h4-5,10-11H,3,6-9,14H2,1-2H3/t11-/m0/s1. The molecule has 0 aromatic carbocycles. The normalized spacial score (nSPS) is 12.4. The third kappa shape index (κ3) is 5.95. The van der Waals surface area contributed by atoms with Crippen molar-refractivity contribution in [3.05, 3.63) is 23.9 Å². The van der Waals surface area contributed by atoms with Gasteiger partial charge in [-0.1, -0.05) is 0 Å². The molecule has 0 aliphatic heterocycles. The van der Waals surface area contributed by atoms with Crippen LogP contribution < -0.4 is 10.5 Å². The highest BCUT2D eigenvalue weighted by Gasteiger charge is 2.02. The minimum atomic E-state index is -0.0133. The van der Waals surface area contributed by atoms with Gasteiger partial charge in [0.2, 0.25) is 5.88 Å². The Hall–Kier alpha value is -1.17. The molecule has 1 rings (SSSR count). The van der Waals surface area contributed by atoms with E-state index in [2.05, 4.69) is 4.98 Å². The highest BCUT2D eigenvalue weighted by molar-refractivity contribution is 5.22. The summed E-state index contributed by atoms with van der Waals surface area (Å²) in [6.07, 6.45) is 2.60. The Balaban J connectivity index is 2.17. The monoisotopic (exact) mass is 254 g/mol. The zero-order valence-electron chi connectivity index (χ0n) is 11.1. The summed E-state index contributed by atoms with van der Waals surface area (Å²) in [7, 11) is 1.68. The first-order valence-corrected chi connectivity index (χ1v) is 6.15. The van der Waals surface area contributed by atoms with Crippen LogP contribution in [-0.4, -0.2) is 38.5 Å². The second-order valence-electron chi connectivity index (χ2n) is 4.02. The van der Waals surface area contributed by atoms with Crippen LogP contribution in [0.2, 0.25) is 0 Å². The molecular weight excluding hydrogens is 232 g/mol. The molecular formula is C13H22N2O3. The molecule has 0 saturated carbocycles. The largest absolute Gasteiger partial charge is 0.475 e. The Morgan fingerprint density at radius 2 is 2.11 bits per heavy atom. The number of hydrogen-bond donors (Lipinski definition) is 1. The molecule has 5 heteroatoms. The van der Waals surface area contributed by atoms with Gasteiger partial charge in [-0.25, -0.2) is 4.98 Å². The van der Waals surface area contributed by atoms with E-state index in [0.717, 1.165) is 18.6 Å². The number of ether oxygens (including phenoxy) is 3. The molecule has 1 aromatic rings. The van der Waals surface area contributed by atoms with Gasteiger partial charge in [-0.2, -0.15) is 0 Å². The second kappa shape index (κ2) is 8.85. The molecule has 0 aliphatic rings. The first kappa shape index (κ1) is 14.9. The molecule has 18 heavy (non-hydrogen) atoms. The molecule has 102 valence electrons. The van der Waals surface area contributed by atoms with Crippen molar-refractivity contribution >= 4 is 0 Å². The highest BCUT2D eigenvalue weighted by atomic mass is 16.5. The zero-order chi connectivity index (χ0) is 13.2. The van der Waals surface area contributed by atoms with Crippen molar-refractivity contribution in [3.8, 4) is 5.88 Å². The van der Waals surface area contributed by atoms with E-state index in [-0.39, 0.29) is 6.04 Å². The Morgan fingerprint density at radius 3 is 2.83 bits per heavy atom. The highest BCUT2D eigenvalue weighted by Crippen LogP contribution is 2.14. The number of nitrogens with zero attached hydrogens (tertiary/aromatic N) is 1. The fourth-order valence-electron chi connectivity index (χ4n) is 1.40. The Labute approximate surface area is 108 Å². The van der Waals surface area contributed by atoms with Gasteiger partial charge in [0.1, 0.15) is 6.61 Å². The van der Waals surface area contributed by atoms with Crippen molar-refractivity contribution in [1.82, 2.24) is 4.98 Å². The maximum absolute atomic E-state index is 5.79. The smallest absolute Gasteiger partial charge is 0.213 e. The summed E-state index contributed by atoms with van der Waals surface area (Å²) in [5.74, 6) is 0.588. The maximum atomic E-state index is 5.79. The Morgan fingerprint density at radius 1 is 1.28 bits per heavy atom. The van der Waals surface area contributed by atoms with E-state index in [1.54, 1.807) is 13.3 Å². The lowest BCUT2D eigenvalue weighted by Crippen LogP contribution is -2.10. The predicted octanol–water partition coefficient (Wildman–Crippen LogP) is 1.53. The molecule has 0 spiro atoms. The van der Waals surface area contributed by atoms with Gasteiger partial charge in [0.25, 0.3) is 0 Å². The van der Waals surface area contributed by atoms with E-state index < -0.39 is 0 Å². The number of nitrogens with two attached hydrogens (primary N) is 1. The number of rotatable bonds is 9. The van der Waals surface area contributed by atoms with Gasteiger partial charge in [0.05, 0.1) is 6.61 Å². The summed E-state index contributed by atoms with van der Waals surface area (Å²) in [5.41, 5.74) is 6.80. The topological polar surface area (TPSA) is 66.6 Å². The Kier molecular flexibility index (Phi) is 7.32. The summed E-state index contributed by atoms with van der Waals surface area (Å²) < 4.78 is 15.8. The van der Waals surface area contributed by atoms with Gasteiger partial charge in [-0.05, 0) is 25.0 Å². The van der Waals surface area contributed by atoms with Crippen LogP contribution in [-0.2, 0) is 9.47 Å². The average Bonchev–Trinajstić information content (AvgIpc) is 2.38. The van der Waals surface area contributed by atoms with E-state index >= 15 is 0 Å². The van der Waals surface area contributed by atoms with Crippen LogP contribution in [0, 0.1) is 0 Å². The zero-order valence-corrected chi connectivity index (χ0v) is 11.1. The van der Waals surface area contributed by atoms with Crippen LogP contribution in [0.25, 0.3) is 0 Å². The maximum Gasteiger partial charge on any atom is 0.213 e. The number of pyridine rings is 1. The van der Waals surface area contributed by atoms with Crippen molar-refractivity contribution < 1.29 is 14.2 Å². The minimum absolute atomic E-state index is 0.0133.